The van der Waals surface area contributed by atoms with Crippen LogP contribution >= 0.6 is 0 Å². The van der Waals surface area contributed by atoms with Crippen LogP contribution in [0.15, 0.2) is 30.5 Å². The molecule has 4 nitrogen and oxygen atoms in total. The van der Waals surface area contributed by atoms with Crippen LogP contribution in [0.3, 0.4) is 0 Å². The molecule has 1 aromatic carbocycles. The van der Waals surface area contributed by atoms with E-state index < -0.39 is 0 Å². The first-order chi connectivity index (χ1) is 9.86. The molecule has 112 valence electrons. The molecule has 0 unspecified atom stereocenters. The monoisotopic (exact) mass is 284 g/mol. The average molecular weight is 284 g/mol. The Kier molecular flexibility index (Phi) is 4.28. The van der Waals surface area contributed by atoms with Crippen LogP contribution in [0.5, 0.6) is 0 Å². The number of nitrogens with zero attached hydrogens (tertiary/aromatic N) is 3. The summed E-state index contributed by atoms with van der Waals surface area (Å²) in [4.78, 5) is 11.4. The third kappa shape index (κ3) is 3.05. The number of aromatic nitrogens is 2. The van der Waals surface area contributed by atoms with Crippen LogP contribution in [0.1, 0.15) is 30.8 Å². The second kappa shape index (κ2) is 5.82. The molecule has 0 aliphatic rings. The van der Waals surface area contributed by atoms with E-state index >= 15 is 0 Å². The Morgan fingerprint density at radius 2 is 1.76 bits per heavy atom. The van der Waals surface area contributed by atoms with Gasteiger partial charge in [0.25, 0.3) is 0 Å². The van der Waals surface area contributed by atoms with E-state index in [1.165, 1.54) is 5.56 Å². The van der Waals surface area contributed by atoms with Gasteiger partial charge in [0.15, 0.2) is 5.82 Å². The standard InChI is InChI=1S/C17H24N4/c1-12-9-7-8-10-15(12)21(17(4,5)18-6)16-14(3)19-11-13(2)20-16/h7-11,18H,1-6H3. The van der Waals surface area contributed by atoms with E-state index in [1.54, 1.807) is 6.20 Å². The van der Waals surface area contributed by atoms with Crippen molar-refractivity contribution in [2.45, 2.75) is 40.3 Å². The highest BCUT2D eigenvalue weighted by molar-refractivity contribution is 5.67. The molecule has 1 aromatic heterocycles. The molecule has 0 aliphatic heterocycles. The fourth-order valence-corrected chi connectivity index (χ4v) is 2.34. The minimum atomic E-state index is -0.278. The van der Waals surface area contributed by atoms with Gasteiger partial charge in [-0.1, -0.05) is 18.2 Å². The summed E-state index contributed by atoms with van der Waals surface area (Å²) in [5, 5.41) is 3.37. The Hall–Kier alpha value is -1.94. The Bertz CT molecular complexity index is 634. The van der Waals surface area contributed by atoms with Gasteiger partial charge in [0.05, 0.1) is 17.1 Å². The van der Waals surface area contributed by atoms with E-state index in [0.29, 0.717) is 0 Å². The molecule has 0 atom stereocenters. The number of hydrogen-bond acceptors (Lipinski definition) is 4. The molecule has 0 spiro atoms. The lowest BCUT2D eigenvalue weighted by Gasteiger charge is -2.40. The highest BCUT2D eigenvalue weighted by Gasteiger charge is 2.30. The second-order valence-corrected chi connectivity index (χ2v) is 5.85. The minimum absolute atomic E-state index is 0.278. The van der Waals surface area contributed by atoms with Crippen molar-refractivity contribution in [2.24, 2.45) is 0 Å². The minimum Gasteiger partial charge on any atom is -0.306 e. The molecular weight excluding hydrogens is 260 g/mol. The Morgan fingerprint density at radius 1 is 1.10 bits per heavy atom. The maximum atomic E-state index is 4.73. The molecule has 0 saturated carbocycles. The van der Waals surface area contributed by atoms with Crippen molar-refractivity contribution < 1.29 is 0 Å². The van der Waals surface area contributed by atoms with Crippen molar-refractivity contribution in [1.82, 2.24) is 15.3 Å². The molecule has 1 heterocycles. The van der Waals surface area contributed by atoms with Crippen molar-refractivity contribution in [3.05, 3.63) is 47.4 Å². The highest BCUT2D eigenvalue weighted by atomic mass is 15.3. The quantitative estimate of drug-likeness (QED) is 0.873. The largest absolute Gasteiger partial charge is 0.306 e. The molecule has 0 bridgehead atoms. The van der Waals surface area contributed by atoms with Crippen LogP contribution in [0.2, 0.25) is 0 Å². The summed E-state index contributed by atoms with van der Waals surface area (Å²) >= 11 is 0. The molecular formula is C17H24N4. The van der Waals surface area contributed by atoms with Gasteiger partial charge in [-0.05, 0) is 53.3 Å². The number of anilines is 2. The fourth-order valence-electron chi connectivity index (χ4n) is 2.34. The van der Waals surface area contributed by atoms with Crippen LogP contribution in [-0.4, -0.2) is 22.7 Å². The number of aryl methyl sites for hydroxylation is 3. The van der Waals surface area contributed by atoms with E-state index in [9.17, 15) is 0 Å². The van der Waals surface area contributed by atoms with Gasteiger partial charge in [-0.2, -0.15) is 0 Å². The summed E-state index contributed by atoms with van der Waals surface area (Å²) in [5.74, 6) is 0.892. The van der Waals surface area contributed by atoms with Gasteiger partial charge in [0.2, 0.25) is 0 Å². The predicted molar refractivity (Wildman–Crippen MR) is 88.0 cm³/mol. The van der Waals surface area contributed by atoms with E-state index in [-0.39, 0.29) is 5.66 Å². The predicted octanol–water partition coefficient (Wildman–Crippen LogP) is 3.50. The lowest BCUT2D eigenvalue weighted by Crippen LogP contribution is -2.51. The highest BCUT2D eigenvalue weighted by Crippen LogP contribution is 2.34. The Morgan fingerprint density at radius 3 is 2.38 bits per heavy atom. The molecule has 2 aromatic rings. The van der Waals surface area contributed by atoms with Gasteiger partial charge in [0, 0.05) is 11.9 Å². The first-order valence-electron chi connectivity index (χ1n) is 7.22. The van der Waals surface area contributed by atoms with Crippen molar-refractivity contribution in [1.29, 1.82) is 0 Å². The van der Waals surface area contributed by atoms with Gasteiger partial charge in [-0.25, -0.2) is 4.98 Å². The maximum Gasteiger partial charge on any atom is 0.156 e. The fraction of sp³-hybridized carbons (Fsp3) is 0.412. The van der Waals surface area contributed by atoms with Crippen molar-refractivity contribution in [3.8, 4) is 0 Å². The van der Waals surface area contributed by atoms with Crippen LogP contribution in [-0.2, 0) is 0 Å². The molecule has 0 fully saturated rings. The Balaban J connectivity index is 2.68. The lowest BCUT2D eigenvalue weighted by molar-refractivity contribution is 0.428. The zero-order chi connectivity index (χ0) is 15.6. The number of nitrogens with one attached hydrogen (secondary N) is 1. The normalized spacial score (nSPS) is 11.5. The summed E-state index contributed by atoms with van der Waals surface area (Å²) in [6.45, 7) is 10.4. The number of rotatable bonds is 4. The third-order valence-corrected chi connectivity index (χ3v) is 3.79. The smallest absolute Gasteiger partial charge is 0.156 e. The van der Waals surface area contributed by atoms with E-state index in [2.05, 4.69) is 60.2 Å². The number of para-hydroxylation sites is 1. The molecule has 21 heavy (non-hydrogen) atoms. The van der Waals surface area contributed by atoms with Gasteiger partial charge in [-0.15, -0.1) is 0 Å². The summed E-state index contributed by atoms with van der Waals surface area (Å²) < 4.78 is 0. The average Bonchev–Trinajstić information content (AvgIpc) is 2.45. The van der Waals surface area contributed by atoms with Crippen molar-refractivity contribution >= 4 is 11.5 Å². The van der Waals surface area contributed by atoms with Crippen molar-refractivity contribution in [3.63, 3.8) is 0 Å². The van der Waals surface area contributed by atoms with Crippen molar-refractivity contribution in [2.75, 3.05) is 11.9 Å². The summed E-state index contributed by atoms with van der Waals surface area (Å²) in [5.41, 5.74) is 3.91. The number of hydrogen-bond donors (Lipinski definition) is 1. The zero-order valence-corrected chi connectivity index (χ0v) is 13.7. The van der Waals surface area contributed by atoms with Crippen LogP contribution < -0.4 is 10.2 Å². The Labute approximate surface area is 127 Å². The van der Waals surface area contributed by atoms with Crippen LogP contribution in [0.25, 0.3) is 0 Å². The second-order valence-electron chi connectivity index (χ2n) is 5.85. The van der Waals surface area contributed by atoms with Gasteiger partial charge in [0.1, 0.15) is 0 Å². The lowest BCUT2D eigenvalue weighted by atomic mass is 10.1. The van der Waals surface area contributed by atoms with E-state index in [0.717, 1.165) is 22.9 Å². The summed E-state index contributed by atoms with van der Waals surface area (Å²) in [6, 6.07) is 8.35. The molecule has 0 aliphatic carbocycles. The van der Waals surface area contributed by atoms with E-state index in [1.807, 2.05) is 20.9 Å². The maximum absolute atomic E-state index is 4.73. The van der Waals surface area contributed by atoms with E-state index in [4.69, 9.17) is 4.98 Å². The van der Waals surface area contributed by atoms with Gasteiger partial charge >= 0.3 is 0 Å². The topological polar surface area (TPSA) is 41.0 Å². The molecule has 4 heteroatoms. The van der Waals surface area contributed by atoms with Crippen LogP contribution in [0, 0.1) is 20.8 Å². The first kappa shape index (κ1) is 15.4. The zero-order valence-electron chi connectivity index (χ0n) is 13.7. The number of benzene rings is 1. The SMILES string of the molecule is CNC(C)(C)N(c1ccccc1C)c1nc(C)cnc1C. The molecule has 0 amide bonds. The van der Waals surface area contributed by atoms with Gasteiger partial charge < -0.3 is 4.90 Å². The molecule has 0 radical (unpaired) electrons. The third-order valence-electron chi connectivity index (χ3n) is 3.79. The summed E-state index contributed by atoms with van der Waals surface area (Å²) in [6.07, 6.45) is 1.81. The first-order valence-corrected chi connectivity index (χ1v) is 7.22. The molecule has 1 N–H and O–H groups in total. The molecule has 0 saturated heterocycles. The molecule has 2 rings (SSSR count). The van der Waals surface area contributed by atoms with Crippen LogP contribution in [0.4, 0.5) is 11.5 Å². The summed E-state index contributed by atoms with van der Waals surface area (Å²) in [7, 11) is 1.96. The van der Waals surface area contributed by atoms with Gasteiger partial charge in [-0.3, -0.25) is 10.3 Å².